The fraction of sp³-hybridized carbons (Fsp3) is 0.520. The maximum atomic E-state index is 12.9. The molecule has 2 aliphatic rings. The molecular formula is C25H33ClN4O3. The van der Waals surface area contributed by atoms with Crippen LogP contribution >= 0.6 is 11.6 Å². The highest BCUT2D eigenvalue weighted by atomic mass is 35.5. The molecule has 0 aromatic heterocycles. The number of halogens is 1. The van der Waals surface area contributed by atoms with Crippen LogP contribution in [0.4, 0.5) is 5.69 Å². The van der Waals surface area contributed by atoms with Gasteiger partial charge in [0.1, 0.15) is 0 Å². The second kappa shape index (κ2) is 11.0. The van der Waals surface area contributed by atoms with E-state index in [1.807, 2.05) is 30.0 Å². The summed E-state index contributed by atoms with van der Waals surface area (Å²) in [7, 11) is 0. The van der Waals surface area contributed by atoms with Gasteiger partial charge in [0.15, 0.2) is 0 Å². The van der Waals surface area contributed by atoms with Gasteiger partial charge in [0.2, 0.25) is 5.91 Å². The number of piperidine rings is 1. The summed E-state index contributed by atoms with van der Waals surface area (Å²) < 4.78 is 0. The highest BCUT2D eigenvalue weighted by Gasteiger charge is 2.25. The maximum Gasteiger partial charge on any atom is 0.254 e. The molecule has 0 radical (unpaired) electrons. The molecule has 1 aromatic rings. The van der Waals surface area contributed by atoms with Crippen molar-refractivity contribution in [3.05, 3.63) is 40.4 Å². The lowest BCUT2D eigenvalue weighted by Gasteiger charge is -2.35. The van der Waals surface area contributed by atoms with Crippen LogP contribution in [0, 0.1) is 11.8 Å². The second-order valence-electron chi connectivity index (χ2n) is 8.93. The molecule has 3 amide bonds. The Labute approximate surface area is 200 Å². The first-order valence-electron chi connectivity index (χ1n) is 11.5. The van der Waals surface area contributed by atoms with E-state index in [0.717, 1.165) is 50.3 Å². The summed E-state index contributed by atoms with van der Waals surface area (Å²) in [4.78, 5) is 44.8. The monoisotopic (exact) mass is 472 g/mol. The third kappa shape index (κ3) is 6.44. The van der Waals surface area contributed by atoms with Gasteiger partial charge in [0.25, 0.3) is 11.8 Å². The van der Waals surface area contributed by atoms with Crippen LogP contribution in [-0.4, -0.2) is 61.1 Å². The minimum Gasteiger partial charge on any atom is -0.371 e. The van der Waals surface area contributed by atoms with Crippen molar-refractivity contribution in [3.63, 3.8) is 0 Å². The molecule has 8 heteroatoms. The number of carbonyl (C=O) groups is 3. The van der Waals surface area contributed by atoms with Crippen LogP contribution in [0.3, 0.4) is 0 Å². The Hall–Kier alpha value is -2.67. The zero-order valence-corrected chi connectivity index (χ0v) is 20.6. The summed E-state index contributed by atoms with van der Waals surface area (Å²) in [5.41, 5.74) is 2.94. The van der Waals surface area contributed by atoms with Crippen molar-refractivity contribution in [3.8, 4) is 0 Å². The van der Waals surface area contributed by atoms with E-state index in [1.54, 1.807) is 19.9 Å². The predicted molar refractivity (Wildman–Crippen MR) is 132 cm³/mol. The topological polar surface area (TPSA) is 82.1 Å². The number of aliphatic imine (C=N–C) groups is 1. The van der Waals surface area contributed by atoms with Gasteiger partial charge in [0.05, 0.1) is 5.92 Å². The average Bonchev–Trinajstić information content (AvgIpc) is 2.76. The van der Waals surface area contributed by atoms with Crippen LogP contribution in [0.2, 0.25) is 5.02 Å². The normalized spacial score (nSPS) is 19.1. The molecular weight excluding hydrogens is 440 g/mol. The molecule has 1 atom stereocenters. The first-order valence-corrected chi connectivity index (χ1v) is 11.9. The summed E-state index contributed by atoms with van der Waals surface area (Å²) in [5, 5.41) is 3.36. The second-order valence-corrected chi connectivity index (χ2v) is 9.37. The van der Waals surface area contributed by atoms with Crippen molar-refractivity contribution >= 4 is 40.7 Å². The third-order valence-electron chi connectivity index (χ3n) is 6.47. The Morgan fingerprint density at radius 2 is 1.91 bits per heavy atom. The van der Waals surface area contributed by atoms with Crippen LogP contribution in [0.5, 0.6) is 0 Å². The Kier molecular flexibility index (Phi) is 8.30. The standard InChI is InChI=1S/C25H33ClN4O3/c1-5-29(15-19-6-8-30(9-7-19)18(4)31)22-12-20(11-21(26)13-22)24(32)27-14-23-16(2)10-17(3)28-25(23)33/h10-13,19,23H,5-9,14-15H2,1-4H3,(H,27,32). The van der Waals surface area contributed by atoms with E-state index in [0.29, 0.717) is 22.2 Å². The van der Waals surface area contributed by atoms with E-state index >= 15 is 0 Å². The van der Waals surface area contributed by atoms with Gasteiger partial charge in [0, 0.05) is 61.6 Å². The number of allylic oxidation sites excluding steroid dienone is 1. The van der Waals surface area contributed by atoms with Crippen molar-refractivity contribution in [2.75, 3.05) is 37.6 Å². The number of dihydropyridines is 1. The molecule has 1 saturated heterocycles. The quantitative estimate of drug-likeness (QED) is 0.655. The van der Waals surface area contributed by atoms with Crippen LogP contribution in [0.15, 0.2) is 34.8 Å². The first-order chi connectivity index (χ1) is 15.7. The van der Waals surface area contributed by atoms with Crippen LogP contribution in [0.25, 0.3) is 0 Å². The summed E-state index contributed by atoms with van der Waals surface area (Å²) in [5.74, 6) is -0.324. The lowest BCUT2D eigenvalue weighted by molar-refractivity contribution is -0.130. The van der Waals surface area contributed by atoms with E-state index in [4.69, 9.17) is 11.6 Å². The average molecular weight is 473 g/mol. The first kappa shape index (κ1) is 25.0. The van der Waals surface area contributed by atoms with Gasteiger partial charge in [-0.25, -0.2) is 4.99 Å². The van der Waals surface area contributed by atoms with Crippen molar-refractivity contribution in [2.45, 2.75) is 40.5 Å². The zero-order chi connectivity index (χ0) is 24.1. The summed E-state index contributed by atoms with van der Waals surface area (Å²) in [6, 6.07) is 5.37. The number of benzene rings is 1. The molecule has 2 heterocycles. The fourth-order valence-corrected chi connectivity index (χ4v) is 4.73. The van der Waals surface area contributed by atoms with Gasteiger partial charge in [-0.2, -0.15) is 0 Å². The summed E-state index contributed by atoms with van der Waals surface area (Å²) >= 11 is 6.37. The minimum atomic E-state index is -0.440. The Morgan fingerprint density at radius 1 is 1.21 bits per heavy atom. The molecule has 0 spiro atoms. The number of nitrogens with one attached hydrogen (secondary N) is 1. The van der Waals surface area contributed by atoms with Crippen molar-refractivity contribution in [1.82, 2.24) is 10.2 Å². The van der Waals surface area contributed by atoms with Gasteiger partial charge in [-0.3, -0.25) is 14.4 Å². The summed E-state index contributed by atoms with van der Waals surface area (Å²) in [6.45, 7) is 10.8. The summed E-state index contributed by atoms with van der Waals surface area (Å²) in [6.07, 6.45) is 3.80. The minimum absolute atomic E-state index is 0.133. The molecule has 1 fully saturated rings. The number of hydrogen-bond acceptors (Lipinski definition) is 4. The molecule has 1 N–H and O–H groups in total. The van der Waals surface area contributed by atoms with Gasteiger partial charge in [-0.15, -0.1) is 0 Å². The molecule has 3 rings (SSSR count). The van der Waals surface area contributed by atoms with Crippen molar-refractivity contribution in [2.24, 2.45) is 16.8 Å². The number of anilines is 1. The number of carbonyl (C=O) groups excluding carboxylic acids is 3. The van der Waals surface area contributed by atoms with Gasteiger partial charge in [-0.05, 0) is 63.8 Å². The van der Waals surface area contributed by atoms with E-state index in [-0.39, 0.29) is 24.3 Å². The molecule has 33 heavy (non-hydrogen) atoms. The lowest BCUT2D eigenvalue weighted by Crippen LogP contribution is -2.40. The number of amides is 3. The highest BCUT2D eigenvalue weighted by Crippen LogP contribution is 2.26. The molecule has 1 unspecified atom stereocenters. The zero-order valence-electron chi connectivity index (χ0n) is 19.9. The largest absolute Gasteiger partial charge is 0.371 e. The predicted octanol–water partition coefficient (Wildman–Crippen LogP) is 3.72. The Bertz CT molecular complexity index is 980. The maximum absolute atomic E-state index is 12.9. The van der Waals surface area contributed by atoms with Gasteiger partial charge in [-0.1, -0.05) is 17.2 Å². The molecule has 1 aromatic carbocycles. The molecule has 0 saturated carbocycles. The van der Waals surface area contributed by atoms with Crippen LogP contribution in [0.1, 0.15) is 50.9 Å². The fourth-order valence-electron chi connectivity index (χ4n) is 4.50. The van der Waals surface area contributed by atoms with E-state index in [1.165, 1.54) is 0 Å². The van der Waals surface area contributed by atoms with Crippen molar-refractivity contribution < 1.29 is 14.4 Å². The van der Waals surface area contributed by atoms with E-state index in [9.17, 15) is 14.4 Å². The van der Waals surface area contributed by atoms with Crippen LogP contribution in [-0.2, 0) is 9.59 Å². The van der Waals surface area contributed by atoms with E-state index < -0.39 is 5.92 Å². The van der Waals surface area contributed by atoms with Gasteiger partial charge < -0.3 is 15.1 Å². The number of rotatable bonds is 7. The molecule has 0 aliphatic carbocycles. The Balaban J connectivity index is 1.65. The molecule has 178 valence electrons. The number of hydrogen-bond donors (Lipinski definition) is 1. The Morgan fingerprint density at radius 3 is 2.52 bits per heavy atom. The molecule has 0 bridgehead atoms. The van der Waals surface area contributed by atoms with Crippen molar-refractivity contribution in [1.29, 1.82) is 0 Å². The molecule has 2 aliphatic heterocycles. The smallest absolute Gasteiger partial charge is 0.254 e. The SMILES string of the molecule is CCN(CC1CCN(C(C)=O)CC1)c1cc(Cl)cc(C(=O)NCC2C(=O)N=C(C)C=C2C)c1. The van der Waals surface area contributed by atoms with E-state index in [2.05, 4.69) is 22.1 Å². The number of likely N-dealkylation sites (tertiary alicyclic amines) is 1. The highest BCUT2D eigenvalue weighted by molar-refractivity contribution is 6.31. The molecule has 7 nitrogen and oxygen atoms in total. The van der Waals surface area contributed by atoms with Crippen LogP contribution < -0.4 is 10.2 Å². The van der Waals surface area contributed by atoms with Gasteiger partial charge >= 0.3 is 0 Å². The lowest BCUT2D eigenvalue weighted by atomic mass is 9.95. The third-order valence-corrected chi connectivity index (χ3v) is 6.69. The number of nitrogens with zero attached hydrogens (tertiary/aromatic N) is 3.